The fourth-order valence-electron chi connectivity index (χ4n) is 1.55. The van der Waals surface area contributed by atoms with E-state index in [-0.39, 0.29) is 18.9 Å². The first kappa shape index (κ1) is 13.9. The first-order valence-corrected chi connectivity index (χ1v) is 6.83. The van der Waals surface area contributed by atoms with Gasteiger partial charge >= 0.3 is 0 Å². The minimum Gasteiger partial charge on any atom is -0.493 e. The van der Waals surface area contributed by atoms with Gasteiger partial charge in [0.15, 0.2) is 0 Å². The largest absolute Gasteiger partial charge is 0.493 e. The van der Waals surface area contributed by atoms with Crippen molar-refractivity contribution >= 4 is 27.9 Å². The molecule has 0 aliphatic rings. The molecule has 5 nitrogen and oxygen atoms in total. The average molecular weight is 287 g/mol. The van der Waals surface area contributed by atoms with Crippen LogP contribution in [0.4, 0.5) is 10.7 Å². The number of nitrogens with zero attached hydrogens (tertiary/aromatic N) is 1. The van der Waals surface area contributed by atoms with E-state index in [4.69, 9.17) is 15.7 Å². The molecule has 0 radical (unpaired) electrons. The summed E-state index contributed by atoms with van der Waals surface area (Å²) in [5.41, 5.74) is 6.71. The summed E-state index contributed by atoms with van der Waals surface area (Å²) in [7, 11) is 0. The van der Waals surface area contributed by atoms with Gasteiger partial charge in [-0.25, -0.2) is 0 Å². The Labute approximate surface area is 120 Å². The van der Waals surface area contributed by atoms with Crippen LogP contribution in [0, 0.1) is 11.3 Å². The maximum Gasteiger partial charge on any atom is 0.228 e. The van der Waals surface area contributed by atoms with Crippen LogP contribution in [0.1, 0.15) is 12.0 Å². The molecule has 0 unspecified atom stereocenters. The maximum absolute atomic E-state index is 11.7. The molecule has 0 aliphatic carbocycles. The van der Waals surface area contributed by atoms with Gasteiger partial charge in [-0.05, 0) is 23.6 Å². The molecule has 0 saturated carbocycles. The maximum atomic E-state index is 11.7. The number of nitrogens with one attached hydrogen (secondary N) is 1. The Balaban J connectivity index is 1.80. The number of carbonyl (C=O) groups excluding carboxylic acids is 1. The summed E-state index contributed by atoms with van der Waals surface area (Å²) >= 11 is 1.32. The van der Waals surface area contributed by atoms with Gasteiger partial charge in [0.25, 0.3) is 0 Å². The van der Waals surface area contributed by atoms with Crippen molar-refractivity contribution in [1.82, 2.24) is 0 Å². The van der Waals surface area contributed by atoms with Gasteiger partial charge in [0.2, 0.25) is 5.91 Å². The van der Waals surface area contributed by atoms with Crippen LogP contribution < -0.4 is 15.8 Å². The van der Waals surface area contributed by atoms with Gasteiger partial charge in [0.05, 0.1) is 18.6 Å². The summed E-state index contributed by atoms with van der Waals surface area (Å²) in [4.78, 5) is 11.7. The predicted octanol–water partition coefficient (Wildman–Crippen LogP) is 2.61. The minimum atomic E-state index is -0.187. The number of nitriles is 1. The molecular weight excluding hydrogens is 274 g/mol. The van der Waals surface area contributed by atoms with Crippen LogP contribution in [0.3, 0.4) is 0 Å². The first-order chi connectivity index (χ1) is 9.69. The van der Waals surface area contributed by atoms with E-state index in [1.165, 1.54) is 11.3 Å². The SMILES string of the molecule is N#Cc1ccsc1NC(=O)CCOc1cccc(N)c1. The van der Waals surface area contributed by atoms with Crippen LogP contribution in [0.2, 0.25) is 0 Å². The molecule has 1 heterocycles. The molecule has 2 rings (SSSR count). The molecule has 2 aromatic rings. The number of thiophene rings is 1. The average Bonchev–Trinajstić information content (AvgIpc) is 2.86. The highest BCUT2D eigenvalue weighted by atomic mass is 32.1. The molecule has 1 aromatic heterocycles. The van der Waals surface area contributed by atoms with Gasteiger partial charge in [-0.1, -0.05) is 6.07 Å². The van der Waals surface area contributed by atoms with E-state index >= 15 is 0 Å². The van der Waals surface area contributed by atoms with E-state index in [9.17, 15) is 4.79 Å². The third kappa shape index (κ3) is 3.73. The smallest absolute Gasteiger partial charge is 0.228 e. The fraction of sp³-hybridized carbons (Fsp3) is 0.143. The van der Waals surface area contributed by atoms with Gasteiger partial charge in [0.1, 0.15) is 16.8 Å². The van der Waals surface area contributed by atoms with Gasteiger partial charge in [0, 0.05) is 11.8 Å². The third-order valence-corrected chi connectivity index (χ3v) is 3.32. The highest BCUT2D eigenvalue weighted by Gasteiger charge is 2.08. The number of nitrogen functional groups attached to an aromatic ring is 1. The van der Waals surface area contributed by atoms with Crippen molar-refractivity contribution in [3.05, 3.63) is 41.3 Å². The number of rotatable bonds is 5. The van der Waals surface area contributed by atoms with Crippen molar-refractivity contribution in [2.24, 2.45) is 0 Å². The van der Waals surface area contributed by atoms with Crippen molar-refractivity contribution in [2.75, 3.05) is 17.7 Å². The lowest BCUT2D eigenvalue weighted by Crippen LogP contribution is -2.15. The van der Waals surface area contributed by atoms with Crippen LogP contribution in [-0.4, -0.2) is 12.5 Å². The molecule has 1 amide bonds. The second kappa shape index (κ2) is 6.59. The number of hydrogen-bond acceptors (Lipinski definition) is 5. The van der Waals surface area contributed by atoms with Crippen molar-refractivity contribution in [2.45, 2.75) is 6.42 Å². The number of benzene rings is 1. The summed E-state index contributed by atoms with van der Waals surface area (Å²) in [6.07, 6.45) is 0.206. The van der Waals surface area contributed by atoms with Crippen molar-refractivity contribution < 1.29 is 9.53 Å². The van der Waals surface area contributed by atoms with Crippen LogP contribution in [0.15, 0.2) is 35.7 Å². The number of amides is 1. The number of ether oxygens (including phenoxy) is 1. The Bertz CT molecular complexity index is 646. The quantitative estimate of drug-likeness (QED) is 0.827. The summed E-state index contributed by atoms with van der Waals surface area (Å²) in [6, 6.07) is 10.7. The lowest BCUT2D eigenvalue weighted by molar-refractivity contribution is -0.116. The van der Waals surface area contributed by atoms with E-state index in [1.807, 2.05) is 6.07 Å². The Morgan fingerprint density at radius 2 is 2.30 bits per heavy atom. The van der Waals surface area contributed by atoms with E-state index in [0.717, 1.165) is 0 Å². The molecule has 6 heteroatoms. The Morgan fingerprint density at radius 3 is 3.05 bits per heavy atom. The first-order valence-electron chi connectivity index (χ1n) is 5.95. The molecular formula is C14H13N3O2S. The molecule has 3 N–H and O–H groups in total. The Kier molecular flexibility index (Phi) is 4.58. The van der Waals surface area contributed by atoms with Crippen LogP contribution in [0.5, 0.6) is 5.75 Å². The lowest BCUT2D eigenvalue weighted by Gasteiger charge is -2.07. The van der Waals surface area contributed by atoms with E-state index < -0.39 is 0 Å². The molecule has 0 bridgehead atoms. The highest BCUT2D eigenvalue weighted by Crippen LogP contribution is 2.22. The van der Waals surface area contributed by atoms with E-state index in [1.54, 1.807) is 35.7 Å². The zero-order valence-corrected chi connectivity index (χ0v) is 11.4. The topological polar surface area (TPSA) is 88.1 Å². The Morgan fingerprint density at radius 1 is 1.45 bits per heavy atom. The second-order valence-corrected chi connectivity index (χ2v) is 4.91. The zero-order chi connectivity index (χ0) is 14.4. The lowest BCUT2D eigenvalue weighted by atomic mass is 10.3. The molecule has 0 atom stereocenters. The van der Waals surface area contributed by atoms with Gasteiger partial charge < -0.3 is 15.8 Å². The molecule has 0 aliphatic heterocycles. The fourth-order valence-corrected chi connectivity index (χ4v) is 2.30. The number of nitrogens with two attached hydrogens (primary N) is 1. The van der Waals surface area contributed by atoms with Crippen LogP contribution >= 0.6 is 11.3 Å². The van der Waals surface area contributed by atoms with Crippen LogP contribution in [-0.2, 0) is 4.79 Å². The molecule has 102 valence electrons. The summed E-state index contributed by atoms with van der Waals surface area (Å²) in [5.74, 6) is 0.444. The summed E-state index contributed by atoms with van der Waals surface area (Å²) in [6.45, 7) is 0.253. The number of anilines is 2. The summed E-state index contributed by atoms with van der Waals surface area (Å²) < 4.78 is 5.43. The van der Waals surface area contributed by atoms with Crippen LogP contribution in [0.25, 0.3) is 0 Å². The molecule has 20 heavy (non-hydrogen) atoms. The minimum absolute atomic E-state index is 0.187. The van der Waals surface area contributed by atoms with Gasteiger partial charge in [-0.15, -0.1) is 11.3 Å². The molecule has 1 aromatic carbocycles. The van der Waals surface area contributed by atoms with Gasteiger partial charge in [-0.2, -0.15) is 5.26 Å². The van der Waals surface area contributed by atoms with Crippen molar-refractivity contribution in [3.63, 3.8) is 0 Å². The second-order valence-electron chi connectivity index (χ2n) is 3.99. The standard InChI is InChI=1S/C14H13N3O2S/c15-9-10-5-7-20-14(10)17-13(18)4-6-19-12-3-1-2-11(16)8-12/h1-3,5,7-8H,4,6,16H2,(H,17,18). The molecule has 0 spiro atoms. The Hall–Kier alpha value is -2.52. The van der Waals surface area contributed by atoms with E-state index in [0.29, 0.717) is 22.0 Å². The molecule has 0 fully saturated rings. The zero-order valence-electron chi connectivity index (χ0n) is 10.6. The van der Waals surface area contributed by atoms with E-state index in [2.05, 4.69) is 5.32 Å². The number of hydrogen-bond donors (Lipinski definition) is 2. The van der Waals surface area contributed by atoms with Crippen molar-refractivity contribution in [3.8, 4) is 11.8 Å². The molecule has 0 saturated heterocycles. The van der Waals surface area contributed by atoms with Gasteiger partial charge in [-0.3, -0.25) is 4.79 Å². The third-order valence-electron chi connectivity index (χ3n) is 2.49. The highest BCUT2D eigenvalue weighted by molar-refractivity contribution is 7.14. The number of carbonyl (C=O) groups is 1. The normalized spacial score (nSPS) is 9.75. The monoisotopic (exact) mass is 287 g/mol. The predicted molar refractivity (Wildman–Crippen MR) is 78.6 cm³/mol. The van der Waals surface area contributed by atoms with Crippen molar-refractivity contribution in [1.29, 1.82) is 5.26 Å². The summed E-state index contributed by atoms with van der Waals surface area (Å²) in [5, 5.41) is 13.9.